The van der Waals surface area contributed by atoms with Crippen molar-refractivity contribution in [3.8, 4) is 11.1 Å². The summed E-state index contributed by atoms with van der Waals surface area (Å²) in [5.74, 6) is -0.0806. The fourth-order valence-electron chi connectivity index (χ4n) is 2.03. The predicted octanol–water partition coefficient (Wildman–Crippen LogP) is 2.83. The second-order valence-electron chi connectivity index (χ2n) is 4.55. The van der Waals surface area contributed by atoms with E-state index in [1.54, 1.807) is 7.05 Å². The molecule has 0 aliphatic carbocycles. The molecule has 2 aromatic carbocycles. The lowest BCUT2D eigenvalue weighted by molar-refractivity contribution is -0.124. The molecule has 2 aromatic rings. The van der Waals surface area contributed by atoms with Crippen LogP contribution in [0, 0.1) is 0 Å². The molecule has 1 aliphatic rings. The van der Waals surface area contributed by atoms with Gasteiger partial charge in [-0.3, -0.25) is 9.69 Å². The molecule has 0 unspecified atom stereocenters. The molecular weight excluding hydrogens is 252 g/mol. The number of ether oxygens (including phenoxy) is 1. The van der Waals surface area contributed by atoms with E-state index in [1.807, 2.05) is 54.6 Å². The largest absolute Gasteiger partial charge is 0.454 e. The standard InChI is InChI=1S/C16H14N2O2/c1-18-15(19)11-20-16(18)17-14-9-5-8-13(10-14)12-6-3-2-4-7-12/h2-10H,11H2,1H3. The van der Waals surface area contributed by atoms with Gasteiger partial charge in [0.1, 0.15) is 0 Å². The number of hydrogen-bond donors (Lipinski definition) is 0. The van der Waals surface area contributed by atoms with Crippen LogP contribution in [0.4, 0.5) is 5.69 Å². The summed E-state index contributed by atoms with van der Waals surface area (Å²) in [4.78, 5) is 17.2. The predicted molar refractivity (Wildman–Crippen MR) is 77.7 cm³/mol. The summed E-state index contributed by atoms with van der Waals surface area (Å²) in [5, 5.41) is 0. The summed E-state index contributed by atoms with van der Waals surface area (Å²) in [6.07, 6.45) is 0. The molecule has 1 saturated heterocycles. The number of amides is 1. The zero-order chi connectivity index (χ0) is 13.9. The summed E-state index contributed by atoms with van der Waals surface area (Å²) in [6.45, 7) is 0.0632. The lowest BCUT2D eigenvalue weighted by Gasteiger charge is -2.07. The van der Waals surface area contributed by atoms with Crippen LogP contribution < -0.4 is 0 Å². The van der Waals surface area contributed by atoms with Crippen molar-refractivity contribution in [3.63, 3.8) is 0 Å². The average Bonchev–Trinajstić information content (AvgIpc) is 2.81. The maximum atomic E-state index is 11.4. The molecule has 100 valence electrons. The number of amidine groups is 1. The lowest BCUT2D eigenvalue weighted by Crippen LogP contribution is -2.24. The van der Waals surface area contributed by atoms with Crippen LogP contribution >= 0.6 is 0 Å². The van der Waals surface area contributed by atoms with Crippen LogP contribution in [0.2, 0.25) is 0 Å². The molecule has 1 amide bonds. The van der Waals surface area contributed by atoms with Gasteiger partial charge in [-0.1, -0.05) is 42.5 Å². The Bertz CT molecular complexity index is 665. The van der Waals surface area contributed by atoms with Gasteiger partial charge in [-0.25, -0.2) is 0 Å². The van der Waals surface area contributed by atoms with Crippen molar-refractivity contribution in [1.29, 1.82) is 0 Å². The second kappa shape index (κ2) is 5.17. The first-order valence-corrected chi connectivity index (χ1v) is 6.37. The number of hydrogen-bond acceptors (Lipinski definition) is 3. The molecule has 4 heteroatoms. The van der Waals surface area contributed by atoms with E-state index in [0.29, 0.717) is 6.02 Å². The Morgan fingerprint density at radius 3 is 2.50 bits per heavy atom. The van der Waals surface area contributed by atoms with Crippen LogP contribution in [0.25, 0.3) is 11.1 Å². The molecule has 0 N–H and O–H groups in total. The van der Waals surface area contributed by atoms with Gasteiger partial charge in [-0.15, -0.1) is 0 Å². The molecule has 20 heavy (non-hydrogen) atoms. The molecule has 1 fully saturated rings. The number of rotatable bonds is 2. The molecular formula is C16H14N2O2. The third-order valence-corrected chi connectivity index (χ3v) is 3.16. The lowest BCUT2D eigenvalue weighted by atomic mass is 10.1. The summed E-state index contributed by atoms with van der Waals surface area (Å²) in [5.41, 5.74) is 2.98. The number of carbonyl (C=O) groups excluding carboxylic acids is 1. The first kappa shape index (κ1) is 12.4. The summed E-state index contributed by atoms with van der Waals surface area (Å²) in [7, 11) is 1.66. The Labute approximate surface area is 117 Å². The van der Waals surface area contributed by atoms with Gasteiger partial charge in [-0.2, -0.15) is 4.99 Å². The van der Waals surface area contributed by atoms with Crippen molar-refractivity contribution in [2.45, 2.75) is 0 Å². The van der Waals surface area contributed by atoms with E-state index >= 15 is 0 Å². The second-order valence-corrected chi connectivity index (χ2v) is 4.55. The van der Waals surface area contributed by atoms with Crippen LogP contribution in [0.5, 0.6) is 0 Å². The SMILES string of the molecule is CN1C(=O)COC1=Nc1cccc(-c2ccccc2)c1. The molecule has 3 rings (SSSR count). The van der Waals surface area contributed by atoms with Crippen molar-refractivity contribution in [3.05, 3.63) is 54.6 Å². The Kier molecular flexibility index (Phi) is 3.21. The van der Waals surface area contributed by atoms with Gasteiger partial charge in [0, 0.05) is 7.05 Å². The van der Waals surface area contributed by atoms with Crippen molar-refractivity contribution < 1.29 is 9.53 Å². The Hall–Kier alpha value is -2.62. The van der Waals surface area contributed by atoms with Crippen LogP contribution in [0.15, 0.2) is 59.6 Å². The van der Waals surface area contributed by atoms with Gasteiger partial charge in [0.2, 0.25) is 0 Å². The van der Waals surface area contributed by atoms with Crippen LogP contribution in [0.3, 0.4) is 0 Å². The zero-order valence-corrected chi connectivity index (χ0v) is 11.1. The van der Waals surface area contributed by atoms with Crippen molar-refractivity contribution in [1.82, 2.24) is 4.90 Å². The highest BCUT2D eigenvalue weighted by Crippen LogP contribution is 2.24. The minimum Gasteiger partial charge on any atom is -0.454 e. The van der Waals surface area contributed by atoms with E-state index in [0.717, 1.165) is 16.8 Å². The average molecular weight is 266 g/mol. The summed E-state index contributed by atoms with van der Waals surface area (Å²) in [6, 6.07) is 18.3. The van der Waals surface area contributed by atoms with Gasteiger partial charge < -0.3 is 4.74 Å². The fourth-order valence-corrected chi connectivity index (χ4v) is 2.03. The first-order valence-electron chi connectivity index (χ1n) is 6.37. The Morgan fingerprint density at radius 2 is 1.80 bits per heavy atom. The van der Waals surface area contributed by atoms with Crippen LogP contribution in [0.1, 0.15) is 0 Å². The topological polar surface area (TPSA) is 41.9 Å². The van der Waals surface area contributed by atoms with Gasteiger partial charge in [-0.05, 0) is 23.3 Å². The van der Waals surface area contributed by atoms with Crippen molar-refractivity contribution in [2.24, 2.45) is 4.99 Å². The minimum atomic E-state index is -0.0806. The first-order chi connectivity index (χ1) is 9.74. The molecule has 0 atom stereocenters. The van der Waals surface area contributed by atoms with Gasteiger partial charge in [0.25, 0.3) is 11.9 Å². The van der Waals surface area contributed by atoms with E-state index < -0.39 is 0 Å². The van der Waals surface area contributed by atoms with Crippen molar-refractivity contribution >= 4 is 17.6 Å². The summed E-state index contributed by atoms with van der Waals surface area (Å²) < 4.78 is 5.25. The van der Waals surface area contributed by atoms with Gasteiger partial charge in [0.05, 0.1) is 5.69 Å². The maximum absolute atomic E-state index is 11.4. The third-order valence-electron chi connectivity index (χ3n) is 3.16. The van der Waals surface area contributed by atoms with E-state index in [9.17, 15) is 4.79 Å². The van der Waals surface area contributed by atoms with Gasteiger partial charge in [0.15, 0.2) is 6.61 Å². The number of nitrogens with zero attached hydrogens (tertiary/aromatic N) is 2. The smallest absolute Gasteiger partial charge is 0.299 e. The molecule has 4 nitrogen and oxygen atoms in total. The molecule has 0 saturated carbocycles. The van der Waals surface area contributed by atoms with E-state index in [2.05, 4.69) is 4.99 Å². The van der Waals surface area contributed by atoms with Gasteiger partial charge >= 0.3 is 0 Å². The molecule has 0 spiro atoms. The number of aliphatic imine (C=N–C) groups is 1. The monoisotopic (exact) mass is 266 g/mol. The highest BCUT2D eigenvalue weighted by molar-refractivity contribution is 6.00. The van der Waals surface area contributed by atoms with Crippen LogP contribution in [-0.4, -0.2) is 30.5 Å². The molecule has 0 aromatic heterocycles. The zero-order valence-electron chi connectivity index (χ0n) is 11.1. The normalized spacial score (nSPS) is 16.6. The molecule has 0 bridgehead atoms. The third kappa shape index (κ3) is 2.40. The number of likely N-dealkylation sites (N-methyl/N-ethyl adjacent to an activating group) is 1. The number of carbonyl (C=O) groups is 1. The Balaban J connectivity index is 1.93. The summed E-state index contributed by atoms with van der Waals surface area (Å²) >= 11 is 0. The quantitative estimate of drug-likeness (QED) is 0.838. The minimum absolute atomic E-state index is 0.0632. The van der Waals surface area contributed by atoms with Crippen LogP contribution in [-0.2, 0) is 9.53 Å². The molecule has 0 radical (unpaired) electrons. The molecule has 1 aliphatic heterocycles. The fraction of sp³-hybridized carbons (Fsp3) is 0.125. The highest BCUT2D eigenvalue weighted by atomic mass is 16.5. The maximum Gasteiger partial charge on any atom is 0.299 e. The van der Waals surface area contributed by atoms with E-state index in [4.69, 9.17) is 4.74 Å². The highest BCUT2D eigenvalue weighted by Gasteiger charge is 2.25. The van der Waals surface area contributed by atoms with Crippen molar-refractivity contribution in [2.75, 3.05) is 13.7 Å². The number of benzene rings is 2. The Morgan fingerprint density at radius 1 is 1.05 bits per heavy atom. The van der Waals surface area contributed by atoms with E-state index in [-0.39, 0.29) is 12.5 Å². The van der Waals surface area contributed by atoms with E-state index in [1.165, 1.54) is 4.90 Å². The molecule has 1 heterocycles.